The van der Waals surface area contributed by atoms with Gasteiger partial charge in [0, 0.05) is 5.56 Å². The second kappa shape index (κ2) is 9.11. The Kier molecular flexibility index (Phi) is 6.86. The number of amides is 1. The third-order valence-electron chi connectivity index (χ3n) is 4.28. The highest BCUT2D eigenvalue weighted by molar-refractivity contribution is 5.97. The molecule has 1 saturated carbocycles. The molecule has 6 nitrogen and oxygen atoms in total. The molecule has 1 amide bonds. The van der Waals surface area contributed by atoms with Crippen LogP contribution in [0.3, 0.4) is 0 Å². The third-order valence-corrected chi connectivity index (χ3v) is 4.28. The standard InChI is InChI=1S/C19H25NO5/c1-3-4-9-15(19(22)23)20-18(21)13-10-11-16(17(12-13)24-2)25-14-7-5-6-8-14/h3,10-12,14-15H,1,4-9H2,2H3,(H,20,21)(H,22,23). The predicted molar refractivity (Wildman–Crippen MR) is 94.2 cm³/mol. The average molecular weight is 347 g/mol. The van der Waals surface area contributed by atoms with Crippen molar-refractivity contribution in [2.45, 2.75) is 50.7 Å². The summed E-state index contributed by atoms with van der Waals surface area (Å²) in [7, 11) is 1.52. The van der Waals surface area contributed by atoms with Gasteiger partial charge in [-0.15, -0.1) is 6.58 Å². The van der Waals surface area contributed by atoms with Crippen molar-refractivity contribution in [3.05, 3.63) is 36.4 Å². The molecular formula is C19H25NO5. The van der Waals surface area contributed by atoms with E-state index in [1.165, 1.54) is 7.11 Å². The number of aliphatic carboxylic acids is 1. The first-order chi connectivity index (χ1) is 12.0. The van der Waals surface area contributed by atoms with Gasteiger partial charge in [0.15, 0.2) is 11.5 Å². The van der Waals surface area contributed by atoms with Crippen molar-refractivity contribution in [1.29, 1.82) is 0 Å². The molecule has 136 valence electrons. The second-order valence-corrected chi connectivity index (χ2v) is 6.12. The molecule has 0 aromatic heterocycles. The molecule has 2 rings (SSSR count). The molecule has 25 heavy (non-hydrogen) atoms. The Morgan fingerprint density at radius 3 is 2.68 bits per heavy atom. The van der Waals surface area contributed by atoms with Gasteiger partial charge in [-0.3, -0.25) is 4.79 Å². The number of benzene rings is 1. The number of carbonyl (C=O) groups is 2. The summed E-state index contributed by atoms with van der Waals surface area (Å²) in [5.41, 5.74) is 0.334. The van der Waals surface area contributed by atoms with Crippen LogP contribution in [0.15, 0.2) is 30.9 Å². The molecule has 0 saturated heterocycles. The second-order valence-electron chi connectivity index (χ2n) is 6.12. The third kappa shape index (κ3) is 5.24. The number of allylic oxidation sites excluding steroid dienone is 1. The first-order valence-electron chi connectivity index (χ1n) is 8.54. The molecule has 0 spiro atoms. The predicted octanol–water partition coefficient (Wildman–Crippen LogP) is 3.17. The first kappa shape index (κ1) is 18.8. The normalized spacial score (nSPS) is 15.4. The Labute approximate surface area is 147 Å². The number of carboxylic acids is 1. The molecule has 2 N–H and O–H groups in total. The Hall–Kier alpha value is -2.50. The molecule has 1 atom stereocenters. The van der Waals surface area contributed by atoms with E-state index < -0.39 is 17.9 Å². The van der Waals surface area contributed by atoms with Gasteiger partial charge in [0.25, 0.3) is 5.91 Å². The Morgan fingerprint density at radius 2 is 2.08 bits per heavy atom. The maximum atomic E-state index is 12.4. The monoisotopic (exact) mass is 347 g/mol. The topological polar surface area (TPSA) is 84.9 Å². The van der Waals surface area contributed by atoms with E-state index in [1.807, 2.05) is 0 Å². The van der Waals surface area contributed by atoms with Crippen LogP contribution in [0.25, 0.3) is 0 Å². The zero-order chi connectivity index (χ0) is 18.2. The molecule has 0 bridgehead atoms. The lowest BCUT2D eigenvalue weighted by molar-refractivity contribution is -0.139. The van der Waals surface area contributed by atoms with E-state index >= 15 is 0 Å². The number of hydrogen-bond donors (Lipinski definition) is 2. The number of hydrogen-bond acceptors (Lipinski definition) is 4. The van der Waals surface area contributed by atoms with Crippen molar-refractivity contribution < 1.29 is 24.2 Å². The van der Waals surface area contributed by atoms with Gasteiger partial charge in [0.05, 0.1) is 13.2 Å². The minimum Gasteiger partial charge on any atom is -0.493 e. The van der Waals surface area contributed by atoms with Crippen LogP contribution >= 0.6 is 0 Å². The summed E-state index contributed by atoms with van der Waals surface area (Å²) in [5, 5.41) is 11.7. The highest BCUT2D eigenvalue weighted by Crippen LogP contribution is 2.32. The van der Waals surface area contributed by atoms with Gasteiger partial charge >= 0.3 is 5.97 Å². The fourth-order valence-electron chi connectivity index (χ4n) is 2.88. The minimum atomic E-state index is -1.07. The van der Waals surface area contributed by atoms with E-state index in [4.69, 9.17) is 9.47 Å². The lowest BCUT2D eigenvalue weighted by Crippen LogP contribution is -2.40. The summed E-state index contributed by atoms with van der Waals surface area (Å²) in [6.07, 6.45) is 6.98. The highest BCUT2D eigenvalue weighted by atomic mass is 16.5. The van der Waals surface area contributed by atoms with Gasteiger partial charge in [-0.1, -0.05) is 6.08 Å². The van der Waals surface area contributed by atoms with Crippen LogP contribution in [0.4, 0.5) is 0 Å². The van der Waals surface area contributed by atoms with Crippen LogP contribution in [0.2, 0.25) is 0 Å². The zero-order valence-corrected chi connectivity index (χ0v) is 14.5. The van der Waals surface area contributed by atoms with Gasteiger partial charge in [-0.2, -0.15) is 0 Å². The molecule has 0 radical (unpaired) electrons. The van der Waals surface area contributed by atoms with Crippen LogP contribution in [-0.4, -0.2) is 36.2 Å². The SMILES string of the molecule is C=CCCC(NC(=O)c1ccc(OC2CCCC2)c(OC)c1)C(=O)O. The molecular weight excluding hydrogens is 322 g/mol. The number of carboxylic acid groups (broad SMARTS) is 1. The molecule has 0 heterocycles. The Morgan fingerprint density at radius 1 is 1.36 bits per heavy atom. The van der Waals surface area contributed by atoms with Crippen molar-refractivity contribution >= 4 is 11.9 Å². The number of nitrogens with one attached hydrogen (secondary N) is 1. The minimum absolute atomic E-state index is 0.184. The lowest BCUT2D eigenvalue weighted by atomic mass is 10.1. The van der Waals surface area contributed by atoms with Crippen molar-refractivity contribution in [3.63, 3.8) is 0 Å². The van der Waals surface area contributed by atoms with Crippen molar-refractivity contribution in [2.24, 2.45) is 0 Å². The van der Waals surface area contributed by atoms with Gasteiger partial charge in [-0.25, -0.2) is 4.79 Å². The molecule has 1 unspecified atom stereocenters. The maximum absolute atomic E-state index is 12.4. The summed E-state index contributed by atoms with van der Waals surface area (Å²) in [6, 6.07) is 3.94. The summed E-state index contributed by atoms with van der Waals surface area (Å²) in [5.74, 6) is -0.449. The van der Waals surface area contributed by atoms with Crippen LogP contribution in [0.5, 0.6) is 11.5 Å². The summed E-state index contributed by atoms with van der Waals surface area (Å²) >= 11 is 0. The summed E-state index contributed by atoms with van der Waals surface area (Å²) in [4.78, 5) is 23.6. The fourth-order valence-corrected chi connectivity index (χ4v) is 2.88. The Balaban J connectivity index is 2.08. The van der Waals surface area contributed by atoms with Crippen LogP contribution < -0.4 is 14.8 Å². The molecule has 0 aliphatic heterocycles. The quantitative estimate of drug-likeness (QED) is 0.670. The Bertz CT molecular complexity index is 622. The highest BCUT2D eigenvalue weighted by Gasteiger charge is 2.22. The first-order valence-corrected chi connectivity index (χ1v) is 8.54. The van der Waals surface area contributed by atoms with Crippen molar-refractivity contribution in [3.8, 4) is 11.5 Å². The molecule has 1 aliphatic carbocycles. The van der Waals surface area contributed by atoms with E-state index in [-0.39, 0.29) is 6.10 Å². The van der Waals surface area contributed by atoms with Gasteiger partial charge in [0.1, 0.15) is 6.04 Å². The van der Waals surface area contributed by atoms with Crippen LogP contribution in [-0.2, 0) is 4.79 Å². The molecule has 6 heteroatoms. The molecule has 1 fully saturated rings. The van der Waals surface area contributed by atoms with Crippen molar-refractivity contribution in [2.75, 3.05) is 7.11 Å². The van der Waals surface area contributed by atoms with Crippen LogP contribution in [0.1, 0.15) is 48.9 Å². The molecule has 1 aromatic rings. The number of rotatable bonds is 9. The smallest absolute Gasteiger partial charge is 0.326 e. The van der Waals surface area contributed by atoms with Crippen LogP contribution in [0, 0.1) is 0 Å². The maximum Gasteiger partial charge on any atom is 0.326 e. The fraction of sp³-hybridized carbons (Fsp3) is 0.474. The van der Waals surface area contributed by atoms with Gasteiger partial charge in [-0.05, 0) is 56.7 Å². The lowest BCUT2D eigenvalue weighted by Gasteiger charge is -2.17. The number of carbonyl (C=O) groups excluding carboxylic acids is 1. The largest absolute Gasteiger partial charge is 0.493 e. The number of ether oxygens (including phenoxy) is 2. The molecule has 1 aliphatic rings. The van der Waals surface area contributed by atoms with Crippen molar-refractivity contribution in [1.82, 2.24) is 5.32 Å². The molecule has 1 aromatic carbocycles. The summed E-state index contributed by atoms with van der Waals surface area (Å²) in [6.45, 7) is 3.57. The van der Waals surface area contributed by atoms with Gasteiger partial charge < -0.3 is 19.9 Å². The average Bonchev–Trinajstić information content (AvgIpc) is 3.11. The van der Waals surface area contributed by atoms with E-state index in [0.29, 0.717) is 29.9 Å². The zero-order valence-electron chi connectivity index (χ0n) is 14.5. The van der Waals surface area contributed by atoms with Gasteiger partial charge in [0.2, 0.25) is 0 Å². The van der Waals surface area contributed by atoms with E-state index in [9.17, 15) is 14.7 Å². The van der Waals surface area contributed by atoms with E-state index in [2.05, 4.69) is 11.9 Å². The van der Waals surface area contributed by atoms with E-state index in [1.54, 1.807) is 24.3 Å². The summed E-state index contributed by atoms with van der Waals surface area (Å²) < 4.78 is 11.3. The number of methoxy groups -OCH3 is 1. The van der Waals surface area contributed by atoms with E-state index in [0.717, 1.165) is 25.7 Å².